The van der Waals surface area contributed by atoms with E-state index < -0.39 is 0 Å². The average molecular weight is 321 g/mol. The van der Waals surface area contributed by atoms with E-state index in [2.05, 4.69) is 26.0 Å². The molecule has 0 radical (unpaired) electrons. The van der Waals surface area contributed by atoms with Crippen molar-refractivity contribution in [1.82, 2.24) is 4.57 Å². The van der Waals surface area contributed by atoms with Crippen LogP contribution in [0.5, 0.6) is 0 Å². The van der Waals surface area contributed by atoms with E-state index in [0.717, 1.165) is 16.9 Å². The Kier molecular flexibility index (Phi) is 3.76. The lowest BCUT2D eigenvalue weighted by Gasteiger charge is -2.40. The van der Waals surface area contributed by atoms with Gasteiger partial charge in [-0.25, -0.2) is 0 Å². The van der Waals surface area contributed by atoms with E-state index in [-0.39, 0.29) is 17.4 Å². The first-order valence-electron chi connectivity index (χ1n) is 8.29. The summed E-state index contributed by atoms with van der Waals surface area (Å²) in [6, 6.07) is 12.4. The van der Waals surface area contributed by atoms with Crippen LogP contribution in [0.15, 0.2) is 30.3 Å². The Morgan fingerprint density at radius 2 is 1.92 bits per heavy atom. The van der Waals surface area contributed by atoms with Crippen LogP contribution < -0.4 is 4.90 Å². The Balaban J connectivity index is 2.18. The molecule has 0 saturated heterocycles. The lowest BCUT2D eigenvalue weighted by atomic mass is 9.76. The average Bonchev–Trinajstić information content (AvgIpc) is 2.87. The summed E-state index contributed by atoms with van der Waals surface area (Å²) in [4.78, 5) is 14.4. The number of rotatable bonds is 2. The summed E-state index contributed by atoms with van der Waals surface area (Å²) in [5, 5.41) is 9.16. The van der Waals surface area contributed by atoms with Crippen molar-refractivity contribution in [3.63, 3.8) is 0 Å². The third kappa shape index (κ3) is 2.41. The molecule has 1 aromatic heterocycles. The third-order valence-corrected chi connectivity index (χ3v) is 4.90. The molecular formula is C20H23N3O. The van der Waals surface area contributed by atoms with Crippen molar-refractivity contribution in [2.75, 3.05) is 4.90 Å². The highest BCUT2D eigenvalue weighted by atomic mass is 16.2. The number of aromatic nitrogens is 1. The Hall–Kier alpha value is -2.54. The molecule has 2 aromatic rings. The number of hydrogen-bond acceptors (Lipinski definition) is 2. The highest BCUT2D eigenvalue weighted by Gasteiger charge is 2.37. The van der Waals surface area contributed by atoms with E-state index in [0.29, 0.717) is 12.1 Å². The minimum Gasteiger partial charge on any atom is -0.335 e. The number of anilines is 1. The van der Waals surface area contributed by atoms with Gasteiger partial charge in [0.2, 0.25) is 5.91 Å². The number of nitriles is 1. The second-order valence-electron chi connectivity index (χ2n) is 7.42. The van der Waals surface area contributed by atoms with Gasteiger partial charge in [-0.15, -0.1) is 0 Å². The predicted octanol–water partition coefficient (Wildman–Crippen LogP) is 3.99. The van der Waals surface area contributed by atoms with Crippen molar-refractivity contribution < 1.29 is 4.79 Å². The minimum atomic E-state index is -0.197. The van der Waals surface area contributed by atoms with Gasteiger partial charge in [-0.05, 0) is 49.2 Å². The molecule has 3 rings (SSSR count). The quantitative estimate of drug-likeness (QED) is 0.840. The fraction of sp³-hybridized carbons (Fsp3) is 0.400. The van der Waals surface area contributed by atoms with Crippen LogP contribution in [0.3, 0.4) is 0 Å². The normalized spacial score (nSPS) is 16.2. The van der Waals surface area contributed by atoms with E-state index in [1.807, 2.05) is 54.6 Å². The zero-order valence-electron chi connectivity index (χ0n) is 14.9. The molecule has 1 amide bonds. The molecular weight excluding hydrogens is 298 g/mol. The number of amides is 1. The summed E-state index contributed by atoms with van der Waals surface area (Å²) in [6.45, 7) is 8.34. The first-order chi connectivity index (χ1) is 11.3. The molecule has 4 nitrogen and oxygen atoms in total. The smallest absolute Gasteiger partial charge is 0.228 e. The molecule has 1 aliphatic rings. The van der Waals surface area contributed by atoms with Gasteiger partial charge >= 0.3 is 0 Å². The molecule has 1 aromatic carbocycles. The second kappa shape index (κ2) is 5.52. The first-order valence-corrected chi connectivity index (χ1v) is 8.29. The summed E-state index contributed by atoms with van der Waals surface area (Å²) in [5.74, 6) is 0.181. The zero-order chi connectivity index (χ0) is 17.6. The fourth-order valence-corrected chi connectivity index (χ4v) is 3.62. The SMILES string of the molecule is CC(C)N1C(=O)CC(C)(C)c2cc(-c3ccc(C#N)n3C)ccc21. The molecule has 124 valence electrons. The van der Waals surface area contributed by atoms with Crippen LogP contribution in [0.2, 0.25) is 0 Å². The van der Waals surface area contributed by atoms with Crippen LogP contribution in [-0.2, 0) is 17.3 Å². The standard InChI is InChI=1S/C20H23N3O/c1-13(2)23-18-8-6-14(17-9-7-15(12-21)22(17)5)10-16(18)20(3,4)11-19(23)24/h6-10,13H,11H2,1-5H3. The van der Waals surface area contributed by atoms with Crippen LogP contribution in [0.1, 0.15) is 45.4 Å². The highest BCUT2D eigenvalue weighted by Crippen LogP contribution is 2.42. The molecule has 1 aliphatic heterocycles. The van der Waals surface area contributed by atoms with Gasteiger partial charge in [-0.1, -0.05) is 19.9 Å². The molecule has 0 fully saturated rings. The molecule has 24 heavy (non-hydrogen) atoms. The molecule has 2 heterocycles. The molecule has 0 atom stereocenters. The van der Waals surface area contributed by atoms with Gasteiger partial charge in [0, 0.05) is 36.3 Å². The number of carbonyl (C=O) groups excluding carboxylic acids is 1. The molecule has 0 spiro atoms. The number of nitrogens with zero attached hydrogens (tertiary/aromatic N) is 3. The molecule has 0 aliphatic carbocycles. The molecule has 0 unspecified atom stereocenters. The molecule has 0 N–H and O–H groups in total. The Bertz CT molecular complexity index is 852. The Morgan fingerprint density at radius 3 is 2.50 bits per heavy atom. The van der Waals surface area contributed by atoms with Gasteiger partial charge in [0.05, 0.1) is 0 Å². The van der Waals surface area contributed by atoms with E-state index in [1.165, 1.54) is 5.56 Å². The predicted molar refractivity (Wildman–Crippen MR) is 95.8 cm³/mol. The fourth-order valence-electron chi connectivity index (χ4n) is 3.62. The Labute approximate surface area is 143 Å². The monoisotopic (exact) mass is 321 g/mol. The van der Waals surface area contributed by atoms with Crippen LogP contribution in [0, 0.1) is 11.3 Å². The van der Waals surface area contributed by atoms with Crippen molar-refractivity contribution >= 4 is 11.6 Å². The lowest BCUT2D eigenvalue weighted by molar-refractivity contribution is -0.120. The van der Waals surface area contributed by atoms with E-state index in [9.17, 15) is 4.79 Å². The van der Waals surface area contributed by atoms with Crippen LogP contribution in [0.25, 0.3) is 11.3 Å². The topological polar surface area (TPSA) is 49.0 Å². The lowest BCUT2D eigenvalue weighted by Crippen LogP contribution is -2.45. The Morgan fingerprint density at radius 1 is 1.21 bits per heavy atom. The van der Waals surface area contributed by atoms with Crippen molar-refractivity contribution in [3.8, 4) is 17.3 Å². The maximum absolute atomic E-state index is 12.6. The van der Waals surface area contributed by atoms with Crippen molar-refractivity contribution in [1.29, 1.82) is 5.26 Å². The van der Waals surface area contributed by atoms with Crippen LogP contribution in [-0.4, -0.2) is 16.5 Å². The third-order valence-electron chi connectivity index (χ3n) is 4.90. The summed E-state index contributed by atoms with van der Waals surface area (Å²) < 4.78 is 1.91. The van der Waals surface area contributed by atoms with Gasteiger partial charge in [-0.2, -0.15) is 5.26 Å². The van der Waals surface area contributed by atoms with E-state index >= 15 is 0 Å². The van der Waals surface area contributed by atoms with Gasteiger partial charge in [-0.3, -0.25) is 4.79 Å². The zero-order valence-corrected chi connectivity index (χ0v) is 14.9. The largest absolute Gasteiger partial charge is 0.335 e. The van der Waals surface area contributed by atoms with Crippen molar-refractivity contribution in [2.24, 2.45) is 7.05 Å². The number of hydrogen-bond donors (Lipinski definition) is 0. The van der Waals surface area contributed by atoms with Gasteiger partial charge in [0.1, 0.15) is 11.8 Å². The maximum Gasteiger partial charge on any atom is 0.228 e. The summed E-state index contributed by atoms with van der Waals surface area (Å²) in [7, 11) is 1.91. The summed E-state index contributed by atoms with van der Waals surface area (Å²) in [6.07, 6.45) is 0.512. The van der Waals surface area contributed by atoms with E-state index in [1.54, 1.807) is 0 Å². The molecule has 4 heteroatoms. The van der Waals surface area contributed by atoms with Gasteiger partial charge < -0.3 is 9.47 Å². The van der Waals surface area contributed by atoms with Gasteiger partial charge in [0.15, 0.2) is 0 Å². The number of benzene rings is 1. The molecule has 0 saturated carbocycles. The number of fused-ring (bicyclic) bond motifs is 1. The van der Waals surface area contributed by atoms with E-state index in [4.69, 9.17) is 5.26 Å². The van der Waals surface area contributed by atoms with Crippen molar-refractivity contribution in [3.05, 3.63) is 41.6 Å². The van der Waals surface area contributed by atoms with Crippen LogP contribution >= 0.6 is 0 Å². The first kappa shape index (κ1) is 16.3. The summed E-state index contributed by atoms with van der Waals surface area (Å²) in [5.41, 5.74) is 4.72. The van der Waals surface area contributed by atoms with Crippen LogP contribution in [0.4, 0.5) is 5.69 Å². The second-order valence-corrected chi connectivity index (χ2v) is 7.42. The number of carbonyl (C=O) groups is 1. The minimum absolute atomic E-state index is 0.137. The van der Waals surface area contributed by atoms with Crippen molar-refractivity contribution in [2.45, 2.75) is 45.6 Å². The molecule has 0 bridgehead atoms. The van der Waals surface area contributed by atoms with Gasteiger partial charge in [0.25, 0.3) is 0 Å². The maximum atomic E-state index is 12.6. The highest BCUT2D eigenvalue weighted by molar-refractivity contribution is 5.98. The summed E-state index contributed by atoms with van der Waals surface area (Å²) >= 11 is 0.